The molecule has 0 atom stereocenters. The number of hydrogen-bond acceptors (Lipinski definition) is 0. The van der Waals surface area contributed by atoms with Crippen LogP contribution in [-0.2, 0) is 13.1 Å². The van der Waals surface area contributed by atoms with Gasteiger partial charge in [0.25, 0.3) is 0 Å². The molecule has 106 valence electrons. The molecule has 0 saturated heterocycles. The van der Waals surface area contributed by atoms with Crippen molar-refractivity contribution in [2.24, 2.45) is 0 Å². The van der Waals surface area contributed by atoms with Crippen molar-refractivity contribution in [3.8, 4) is 22.5 Å². The Morgan fingerprint density at radius 1 is 0.810 bits per heavy atom. The van der Waals surface area contributed by atoms with Crippen molar-refractivity contribution < 1.29 is 4.57 Å². The van der Waals surface area contributed by atoms with Gasteiger partial charge in [0.1, 0.15) is 0 Å². The third-order valence-electron chi connectivity index (χ3n) is 3.85. The summed E-state index contributed by atoms with van der Waals surface area (Å²) >= 11 is 0. The van der Waals surface area contributed by atoms with E-state index in [4.69, 9.17) is 0 Å². The standard InChI is InChI=1S/C19H21N2/c1-3-20-15-21(4-2)19(17-13-9-6-10-14-17)18(20)16-11-7-5-8-12-16/h5-15H,3-4H2,1-2H3/q+1. The second kappa shape index (κ2) is 5.96. The maximum Gasteiger partial charge on any atom is 0.244 e. The molecule has 0 aliphatic carbocycles. The number of imidazole rings is 1. The summed E-state index contributed by atoms with van der Waals surface area (Å²) in [4.78, 5) is 0. The van der Waals surface area contributed by atoms with E-state index in [1.807, 2.05) is 0 Å². The van der Waals surface area contributed by atoms with E-state index in [1.54, 1.807) is 0 Å². The number of aromatic nitrogens is 2. The number of aryl methyl sites for hydroxylation is 2. The van der Waals surface area contributed by atoms with Crippen molar-refractivity contribution in [3.05, 3.63) is 67.0 Å². The topological polar surface area (TPSA) is 8.81 Å². The van der Waals surface area contributed by atoms with Crippen molar-refractivity contribution in [3.63, 3.8) is 0 Å². The maximum atomic E-state index is 2.33. The summed E-state index contributed by atoms with van der Waals surface area (Å²) in [6.45, 7) is 6.33. The molecule has 3 aromatic rings. The number of hydrogen-bond donors (Lipinski definition) is 0. The number of nitrogens with zero attached hydrogens (tertiary/aromatic N) is 2. The van der Waals surface area contributed by atoms with Gasteiger partial charge in [0, 0.05) is 11.1 Å². The van der Waals surface area contributed by atoms with Gasteiger partial charge in [-0.1, -0.05) is 60.7 Å². The Hall–Kier alpha value is -2.35. The van der Waals surface area contributed by atoms with Crippen LogP contribution in [-0.4, -0.2) is 4.57 Å². The van der Waals surface area contributed by atoms with Crippen LogP contribution in [0, 0.1) is 0 Å². The van der Waals surface area contributed by atoms with Crippen molar-refractivity contribution in [2.75, 3.05) is 0 Å². The van der Waals surface area contributed by atoms with E-state index in [0.29, 0.717) is 0 Å². The Bertz CT molecular complexity index is 650. The van der Waals surface area contributed by atoms with Gasteiger partial charge in [-0.3, -0.25) is 0 Å². The third kappa shape index (κ3) is 2.49. The highest BCUT2D eigenvalue weighted by Crippen LogP contribution is 2.30. The maximum absolute atomic E-state index is 2.33. The monoisotopic (exact) mass is 277 g/mol. The summed E-state index contributed by atoms with van der Waals surface area (Å²) in [6.07, 6.45) is 2.23. The molecule has 0 aliphatic rings. The summed E-state index contributed by atoms with van der Waals surface area (Å²) in [7, 11) is 0. The Morgan fingerprint density at radius 3 is 1.90 bits per heavy atom. The molecule has 2 heteroatoms. The zero-order chi connectivity index (χ0) is 14.7. The van der Waals surface area contributed by atoms with Crippen molar-refractivity contribution in [1.82, 2.24) is 4.57 Å². The Labute approximate surface area is 126 Å². The predicted octanol–water partition coefficient (Wildman–Crippen LogP) is 4.15. The second-order valence-corrected chi connectivity index (χ2v) is 5.12. The van der Waals surface area contributed by atoms with Gasteiger partial charge in [0.2, 0.25) is 6.33 Å². The van der Waals surface area contributed by atoms with Gasteiger partial charge < -0.3 is 0 Å². The van der Waals surface area contributed by atoms with Gasteiger partial charge in [0.05, 0.1) is 13.1 Å². The highest BCUT2D eigenvalue weighted by molar-refractivity contribution is 5.76. The molecular weight excluding hydrogens is 256 g/mol. The highest BCUT2D eigenvalue weighted by atomic mass is 15.1. The van der Waals surface area contributed by atoms with E-state index < -0.39 is 0 Å². The second-order valence-electron chi connectivity index (χ2n) is 5.12. The molecule has 2 aromatic carbocycles. The molecule has 0 aliphatic heterocycles. The minimum atomic E-state index is 0.969. The molecule has 0 bridgehead atoms. The fraction of sp³-hybridized carbons (Fsp3) is 0.211. The van der Waals surface area contributed by atoms with Crippen molar-refractivity contribution >= 4 is 0 Å². The number of benzene rings is 2. The summed E-state index contributed by atoms with van der Waals surface area (Å²) in [6, 6.07) is 21.3. The van der Waals surface area contributed by atoms with Crippen LogP contribution in [0.15, 0.2) is 67.0 Å². The average Bonchev–Trinajstić information content (AvgIpc) is 2.95. The van der Waals surface area contributed by atoms with Crippen molar-refractivity contribution in [2.45, 2.75) is 26.9 Å². The van der Waals surface area contributed by atoms with Crippen LogP contribution < -0.4 is 4.57 Å². The minimum Gasteiger partial charge on any atom is -0.230 e. The van der Waals surface area contributed by atoms with Gasteiger partial charge in [-0.2, -0.15) is 0 Å². The van der Waals surface area contributed by atoms with Crippen molar-refractivity contribution in [1.29, 1.82) is 0 Å². The van der Waals surface area contributed by atoms with Crippen LogP contribution in [0.1, 0.15) is 13.8 Å². The number of rotatable bonds is 4. The molecule has 0 radical (unpaired) electrons. The summed E-state index contributed by atoms with van der Waals surface area (Å²) in [5, 5.41) is 0. The highest BCUT2D eigenvalue weighted by Gasteiger charge is 2.24. The third-order valence-corrected chi connectivity index (χ3v) is 3.85. The lowest BCUT2D eigenvalue weighted by molar-refractivity contribution is -0.682. The molecular formula is C19H21N2+. The molecule has 0 unspecified atom stereocenters. The molecule has 3 rings (SSSR count). The molecule has 2 nitrogen and oxygen atoms in total. The molecule has 0 fully saturated rings. The Balaban J connectivity index is 2.29. The van der Waals surface area contributed by atoms with Crippen LogP contribution >= 0.6 is 0 Å². The van der Waals surface area contributed by atoms with Crippen LogP contribution in [0.3, 0.4) is 0 Å². The predicted molar refractivity (Wildman–Crippen MR) is 86.8 cm³/mol. The van der Waals surface area contributed by atoms with E-state index in [1.165, 1.54) is 22.5 Å². The largest absolute Gasteiger partial charge is 0.244 e. The van der Waals surface area contributed by atoms with E-state index in [2.05, 4.69) is 90.0 Å². The molecule has 0 amide bonds. The van der Waals surface area contributed by atoms with Gasteiger partial charge in [-0.15, -0.1) is 0 Å². The summed E-state index contributed by atoms with van der Waals surface area (Å²) in [5.74, 6) is 0. The molecule has 21 heavy (non-hydrogen) atoms. The molecule has 1 heterocycles. The van der Waals surface area contributed by atoms with E-state index in [0.717, 1.165) is 13.1 Å². The van der Waals surface area contributed by atoms with Crippen LogP contribution in [0.5, 0.6) is 0 Å². The van der Waals surface area contributed by atoms with Gasteiger partial charge in [-0.05, 0) is 13.8 Å². The lowest BCUT2D eigenvalue weighted by Gasteiger charge is -2.04. The summed E-state index contributed by atoms with van der Waals surface area (Å²) in [5.41, 5.74) is 5.13. The van der Waals surface area contributed by atoms with Gasteiger partial charge in [-0.25, -0.2) is 9.13 Å². The molecule has 0 N–H and O–H groups in total. The van der Waals surface area contributed by atoms with Gasteiger partial charge >= 0.3 is 0 Å². The van der Waals surface area contributed by atoms with E-state index >= 15 is 0 Å². The molecule has 0 saturated carbocycles. The zero-order valence-electron chi connectivity index (χ0n) is 12.7. The Morgan fingerprint density at radius 2 is 1.38 bits per heavy atom. The average molecular weight is 277 g/mol. The first kappa shape index (κ1) is 13.6. The SMILES string of the molecule is CCn1c[n+](CC)c(-c2ccccc2)c1-c1ccccc1. The zero-order valence-corrected chi connectivity index (χ0v) is 12.7. The first-order valence-electron chi connectivity index (χ1n) is 7.58. The van der Waals surface area contributed by atoms with Gasteiger partial charge in [0.15, 0.2) is 11.4 Å². The van der Waals surface area contributed by atoms with Crippen LogP contribution in [0.25, 0.3) is 22.5 Å². The quantitative estimate of drug-likeness (QED) is 0.633. The van der Waals surface area contributed by atoms with E-state index in [9.17, 15) is 0 Å². The van der Waals surface area contributed by atoms with Crippen LogP contribution in [0.4, 0.5) is 0 Å². The lowest BCUT2D eigenvalue weighted by atomic mass is 10.0. The smallest absolute Gasteiger partial charge is 0.230 e. The fourth-order valence-electron chi connectivity index (χ4n) is 2.83. The normalized spacial score (nSPS) is 10.8. The first-order chi connectivity index (χ1) is 10.3. The summed E-state index contributed by atoms with van der Waals surface area (Å²) < 4.78 is 4.67. The lowest BCUT2D eigenvalue weighted by Crippen LogP contribution is -2.32. The minimum absolute atomic E-state index is 0.969. The van der Waals surface area contributed by atoms with Crippen LogP contribution in [0.2, 0.25) is 0 Å². The molecule has 0 spiro atoms. The molecule has 1 aromatic heterocycles. The van der Waals surface area contributed by atoms with E-state index in [-0.39, 0.29) is 0 Å². The Kier molecular flexibility index (Phi) is 3.87. The fourth-order valence-corrected chi connectivity index (χ4v) is 2.83. The first-order valence-corrected chi connectivity index (χ1v) is 7.58.